The highest BCUT2D eigenvalue weighted by molar-refractivity contribution is 5.87. The number of hydrogen-bond donors (Lipinski definition) is 2. The van der Waals surface area contributed by atoms with Gasteiger partial charge in [-0.15, -0.1) is 0 Å². The van der Waals surface area contributed by atoms with Crippen molar-refractivity contribution in [3.05, 3.63) is 29.6 Å². The smallest absolute Gasteiger partial charge is 0.337 e. The predicted octanol–water partition coefficient (Wildman–Crippen LogP) is 1.74. The van der Waals surface area contributed by atoms with Crippen LogP contribution in [0.2, 0.25) is 0 Å². The van der Waals surface area contributed by atoms with E-state index in [0.717, 1.165) is 24.8 Å². The maximum Gasteiger partial charge on any atom is 0.337 e. The van der Waals surface area contributed by atoms with Crippen molar-refractivity contribution in [3.63, 3.8) is 0 Å². The molecule has 1 aromatic heterocycles. The van der Waals surface area contributed by atoms with Gasteiger partial charge in [0.15, 0.2) is 0 Å². The molecule has 1 fully saturated rings. The molecule has 0 amide bonds. The number of hydrogen-bond acceptors (Lipinski definition) is 4. The molecular weight excluding hydrogens is 254 g/mol. The van der Waals surface area contributed by atoms with Gasteiger partial charge in [-0.05, 0) is 32.0 Å². The quantitative estimate of drug-likeness (QED) is 0.743. The lowest BCUT2D eigenvalue weighted by molar-refractivity contribution is 0.0696. The van der Waals surface area contributed by atoms with Gasteiger partial charge in [0.1, 0.15) is 0 Å². The predicted molar refractivity (Wildman–Crippen MR) is 77.8 cm³/mol. The van der Waals surface area contributed by atoms with E-state index < -0.39 is 5.97 Å². The molecule has 1 heterocycles. The van der Waals surface area contributed by atoms with E-state index in [1.807, 2.05) is 0 Å². The third-order valence-electron chi connectivity index (χ3n) is 3.97. The Bertz CT molecular complexity index is 427. The number of carboxylic acids is 1. The molecule has 0 spiro atoms. The summed E-state index contributed by atoms with van der Waals surface area (Å²) in [6.45, 7) is 2.64. The van der Waals surface area contributed by atoms with Gasteiger partial charge in [-0.25, -0.2) is 4.79 Å². The van der Waals surface area contributed by atoms with Crippen molar-refractivity contribution < 1.29 is 9.90 Å². The fourth-order valence-corrected chi connectivity index (χ4v) is 2.66. The van der Waals surface area contributed by atoms with E-state index >= 15 is 0 Å². The lowest BCUT2D eigenvalue weighted by Gasteiger charge is -2.23. The van der Waals surface area contributed by atoms with Crippen LogP contribution in [0.4, 0.5) is 0 Å². The van der Waals surface area contributed by atoms with Crippen molar-refractivity contribution >= 4 is 5.97 Å². The summed E-state index contributed by atoms with van der Waals surface area (Å²) < 4.78 is 0. The topological polar surface area (TPSA) is 65.5 Å². The second kappa shape index (κ2) is 7.36. The van der Waals surface area contributed by atoms with E-state index in [0.29, 0.717) is 6.54 Å². The second-order valence-corrected chi connectivity index (χ2v) is 5.44. The molecule has 1 aliphatic rings. The third kappa shape index (κ3) is 4.28. The molecule has 5 heteroatoms. The Labute approximate surface area is 120 Å². The molecular formula is C15H23N3O2. The van der Waals surface area contributed by atoms with Crippen molar-refractivity contribution in [1.82, 2.24) is 15.2 Å². The van der Waals surface area contributed by atoms with Crippen molar-refractivity contribution in [2.45, 2.75) is 38.3 Å². The number of aromatic nitrogens is 1. The highest BCUT2D eigenvalue weighted by Gasteiger charge is 2.18. The van der Waals surface area contributed by atoms with E-state index in [1.54, 1.807) is 12.1 Å². The SMILES string of the molecule is CN(CCNCc1ccc(C(=O)O)cn1)C1CCCC1. The van der Waals surface area contributed by atoms with Gasteiger partial charge in [-0.3, -0.25) is 4.98 Å². The van der Waals surface area contributed by atoms with Crippen molar-refractivity contribution in [3.8, 4) is 0 Å². The standard InChI is InChI=1S/C15H23N3O2/c1-18(14-4-2-3-5-14)9-8-16-11-13-7-6-12(10-17-13)15(19)20/h6-7,10,14,16H,2-5,8-9,11H2,1H3,(H,19,20). The Balaban J connectivity index is 1.66. The second-order valence-electron chi connectivity index (χ2n) is 5.44. The van der Waals surface area contributed by atoms with Gasteiger partial charge >= 0.3 is 5.97 Å². The molecule has 0 aliphatic heterocycles. The first kappa shape index (κ1) is 14.9. The molecule has 110 valence electrons. The number of likely N-dealkylation sites (N-methyl/N-ethyl adjacent to an activating group) is 1. The van der Waals surface area contributed by atoms with Crippen LogP contribution in [-0.4, -0.2) is 47.1 Å². The first-order valence-electron chi connectivity index (χ1n) is 7.26. The summed E-state index contributed by atoms with van der Waals surface area (Å²) in [6.07, 6.45) is 6.79. The lowest BCUT2D eigenvalue weighted by Crippen LogP contribution is -2.35. The largest absolute Gasteiger partial charge is 0.478 e. The maximum absolute atomic E-state index is 10.7. The zero-order chi connectivity index (χ0) is 14.4. The summed E-state index contributed by atoms with van der Waals surface area (Å²) in [5.41, 5.74) is 1.10. The average molecular weight is 277 g/mol. The van der Waals surface area contributed by atoms with Gasteiger partial charge < -0.3 is 15.3 Å². The minimum Gasteiger partial charge on any atom is -0.478 e. The highest BCUT2D eigenvalue weighted by Crippen LogP contribution is 2.21. The summed E-state index contributed by atoms with van der Waals surface area (Å²) >= 11 is 0. The molecule has 0 bridgehead atoms. The molecule has 2 N–H and O–H groups in total. The minimum absolute atomic E-state index is 0.231. The van der Waals surface area contributed by atoms with E-state index in [4.69, 9.17) is 5.11 Å². The van der Waals surface area contributed by atoms with Crippen LogP contribution in [0, 0.1) is 0 Å². The number of aromatic carboxylic acids is 1. The molecule has 1 saturated carbocycles. The Hall–Kier alpha value is -1.46. The zero-order valence-electron chi connectivity index (χ0n) is 12.0. The number of rotatable bonds is 7. The first-order valence-corrected chi connectivity index (χ1v) is 7.26. The average Bonchev–Trinajstić information content (AvgIpc) is 2.98. The van der Waals surface area contributed by atoms with Gasteiger partial charge in [0, 0.05) is 31.9 Å². The van der Waals surface area contributed by atoms with Crippen molar-refractivity contribution in [2.75, 3.05) is 20.1 Å². The molecule has 5 nitrogen and oxygen atoms in total. The van der Waals surface area contributed by atoms with Gasteiger partial charge in [-0.2, -0.15) is 0 Å². The number of pyridine rings is 1. The highest BCUT2D eigenvalue weighted by atomic mass is 16.4. The summed E-state index contributed by atoms with van der Waals surface area (Å²) in [7, 11) is 2.19. The normalized spacial score (nSPS) is 15.9. The number of nitrogens with zero attached hydrogens (tertiary/aromatic N) is 2. The van der Waals surface area contributed by atoms with E-state index in [1.165, 1.54) is 31.9 Å². The fraction of sp³-hybridized carbons (Fsp3) is 0.600. The van der Waals surface area contributed by atoms with Crippen molar-refractivity contribution in [2.24, 2.45) is 0 Å². The Kier molecular flexibility index (Phi) is 5.49. The van der Waals surface area contributed by atoms with Crippen LogP contribution in [0.15, 0.2) is 18.3 Å². The molecule has 0 radical (unpaired) electrons. The molecule has 2 rings (SSSR count). The van der Waals surface area contributed by atoms with E-state index in [-0.39, 0.29) is 5.56 Å². The summed E-state index contributed by atoms with van der Waals surface area (Å²) in [4.78, 5) is 17.3. The third-order valence-corrected chi connectivity index (χ3v) is 3.97. The molecule has 1 aromatic rings. The van der Waals surface area contributed by atoms with Gasteiger partial charge in [0.25, 0.3) is 0 Å². The van der Waals surface area contributed by atoms with E-state index in [9.17, 15) is 4.79 Å². The Morgan fingerprint density at radius 2 is 2.20 bits per heavy atom. The summed E-state index contributed by atoms with van der Waals surface area (Å²) in [5.74, 6) is -0.935. The van der Waals surface area contributed by atoms with Crippen LogP contribution >= 0.6 is 0 Å². The van der Waals surface area contributed by atoms with Crippen LogP contribution < -0.4 is 5.32 Å². The Morgan fingerprint density at radius 3 is 2.80 bits per heavy atom. The molecule has 0 atom stereocenters. The molecule has 1 aliphatic carbocycles. The summed E-state index contributed by atoms with van der Waals surface area (Å²) in [6, 6.07) is 4.11. The van der Waals surface area contributed by atoms with Gasteiger partial charge in [0.2, 0.25) is 0 Å². The van der Waals surface area contributed by atoms with Crippen LogP contribution in [-0.2, 0) is 6.54 Å². The monoisotopic (exact) mass is 277 g/mol. The summed E-state index contributed by atoms with van der Waals surface area (Å²) in [5, 5.41) is 12.1. The Morgan fingerprint density at radius 1 is 1.45 bits per heavy atom. The van der Waals surface area contributed by atoms with E-state index in [2.05, 4.69) is 22.2 Å². The first-order chi connectivity index (χ1) is 9.66. The van der Waals surface area contributed by atoms with Crippen molar-refractivity contribution in [1.29, 1.82) is 0 Å². The zero-order valence-corrected chi connectivity index (χ0v) is 12.0. The van der Waals surface area contributed by atoms with Crippen LogP contribution in [0.1, 0.15) is 41.7 Å². The molecule has 0 unspecified atom stereocenters. The van der Waals surface area contributed by atoms with Gasteiger partial charge in [0.05, 0.1) is 11.3 Å². The van der Waals surface area contributed by atoms with Gasteiger partial charge in [-0.1, -0.05) is 12.8 Å². The molecule has 0 aromatic carbocycles. The fourth-order valence-electron chi connectivity index (χ4n) is 2.66. The maximum atomic E-state index is 10.7. The number of carbonyl (C=O) groups is 1. The van der Waals surface area contributed by atoms with Crippen LogP contribution in [0.25, 0.3) is 0 Å². The molecule has 0 saturated heterocycles. The number of carboxylic acid groups (broad SMARTS) is 1. The lowest BCUT2D eigenvalue weighted by atomic mass is 10.2. The minimum atomic E-state index is -0.935. The van der Waals surface area contributed by atoms with Crippen LogP contribution in [0.3, 0.4) is 0 Å². The van der Waals surface area contributed by atoms with Crippen LogP contribution in [0.5, 0.6) is 0 Å². The molecule has 20 heavy (non-hydrogen) atoms. The number of nitrogens with one attached hydrogen (secondary N) is 1.